The van der Waals surface area contributed by atoms with Crippen molar-refractivity contribution in [2.45, 2.75) is 32.6 Å². The van der Waals surface area contributed by atoms with Gasteiger partial charge < -0.3 is 15.1 Å². The van der Waals surface area contributed by atoms with Crippen LogP contribution in [0.2, 0.25) is 0 Å². The van der Waals surface area contributed by atoms with Gasteiger partial charge in [0, 0.05) is 33.2 Å². The minimum absolute atomic E-state index is 0.664. The molecule has 1 aromatic rings. The van der Waals surface area contributed by atoms with Crippen molar-refractivity contribution in [3.63, 3.8) is 0 Å². The first kappa shape index (κ1) is 18.2. The molecule has 2 atom stereocenters. The van der Waals surface area contributed by atoms with Gasteiger partial charge in [0.1, 0.15) is 0 Å². The van der Waals surface area contributed by atoms with Crippen molar-refractivity contribution in [2.75, 3.05) is 46.3 Å². The fourth-order valence-corrected chi connectivity index (χ4v) is 4.21. The monoisotopic (exact) mass is 342 g/mol. The Morgan fingerprint density at radius 1 is 1.20 bits per heavy atom. The smallest absolute Gasteiger partial charge is 0.193 e. The van der Waals surface area contributed by atoms with Gasteiger partial charge in [0.15, 0.2) is 5.96 Å². The standard InChI is InChI=1S/C21H34N4/c1-18(16-24-11-6-7-12-24)15-23-21(22-2)25-13-10-20(17-25)14-19-8-4-3-5-9-19/h3-5,8-9,18,20H,6-7,10-17H2,1-2H3,(H,22,23). The van der Waals surface area contributed by atoms with Crippen LogP contribution in [0.1, 0.15) is 31.7 Å². The average Bonchev–Trinajstić information content (AvgIpc) is 3.29. The van der Waals surface area contributed by atoms with Gasteiger partial charge in [-0.3, -0.25) is 4.99 Å². The maximum atomic E-state index is 4.53. The van der Waals surface area contributed by atoms with Crippen LogP contribution in [-0.2, 0) is 6.42 Å². The summed E-state index contributed by atoms with van der Waals surface area (Å²) >= 11 is 0. The molecular weight excluding hydrogens is 308 g/mol. The second kappa shape index (κ2) is 9.23. The second-order valence-electron chi connectivity index (χ2n) is 7.83. The number of rotatable bonds is 6. The predicted octanol–water partition coefficient (Wildman–Crippen LogP) is 2.86. The number of guanidine groups is 1. The van der Waals surface area contributed by atoms with Crippen LogP contribution in [0.4, 0.5) is 0 Å². The molecular formula is C21H34N4. The number of nitrogens with one attached hydrogen (secondary N) is 1. The molecule has 0 radical (unpaired) electrons. The summed E-state index contributed by atoms with van der Waals surface area (Å²) in [5.41, 5.74) is 1.46. The molecule has 2 aliphatic heterocycles. The van der Waals surface area contributed by atoms with Crippen molar-refractivity contribution < 1.29 is 0 Å². The van der Waals surface area contributed by atoms with Gasteiger partial charge in [0.05, 0.1) is 0 Å². The SMILES string of the molecule is CN=C(NCC(C)CN1CCCC1)N1CCC(Cc2ccccc2)C1. The number of hydrogen-bond donors (Lipinski definition) is 1. The van der Waals surface area contributed by atoms with E-state index in [1.165, 1.54) is 50.9 Å². The van der Waals surface area contributed by atoms with E-state index in [4.69, 9.17) is 0 Å². The zero-order valence-corrected chi connectivity index (χ0v) is 16.0. The highest BCUT2D eigenvalue weighted by molar-refractivity contribution is 5.80. The van der Waals surface area contributed by atoms with Gasteiger partial charge >= 0.3 is 0 Å². The molecule has 1 aromatic carbocycles. The Labute approximate surface area is 153 Å². The first-order chi connectivity index (χ1) is 12.2. The minimum Gasteiger partial charge on any atom is -0.356 e. The van der Waals surface area contributed by atoms with Crippen molar-refractivity contribution >= 4 is 5.96 Å². The van der Waals surface area contributed by atoms with Crippen LogP contribution in [0.25, 0.3) is 0 Å². The van der Waals surface area contributed by atoms with E-state index >= 15 is 0 Å². The molecule has 2 unspecified atom stereocenters. The third kappa shape index (κ3) is 5.46. The third-order valence-electron chi connectivity index (χ3n) is 5.54. The number of benzene rings is 1. The highest BCUT2D eigenvalue weighted by Crippen LogP contribution is 2.21. The largest absolute Gasteiger partial charge is 0.356 e. The molecule has 3 rings (SSSR count). The minimum atomic E-state index is 0.664. The summed E-state index contributed by atoms with van der Waals surface area (Å²) in [6, 6.07) is 10.9. The third-order valence-corrected chi connectivity index (χ3v) is 5.54. The van der Waals surface area contributed by atoms with Crippen LogP contribution in [0, 0.1) is 11.8 Å². The molecule has 25 heavy (non-hydrogen) atoms. The van der Waals surface area contributed by atoms with Crippen molar-refractivity contribution in [2.24, 2.45) is 16.8 Å². The first-order valence-corrected chi connectivity index (χ1v) is 9.96. The van der Waals surface area contributed by atoms with E-state index in [1.807, 2.05) is 7.05 Å². The number of nitrogens with zero attached hydrogens (tertiary/aromatic N) is 3. The zero-order valence-electron chi connectivity index (χ0n) is 16.0. The lowest BCUT2D eigenvalue weighted by Crippen LogP contribution is -2.43. The Bertz CT molecular complexity index is 536. The van der Waals surface area contributed by atoms with Crippen LogP contribution in [0.5, 0.6) is 0 Å². The predicted molar refractivity (Wildman–Crippen MR) is 106 cm³/mol. The van der Waals surface area contributed by atoms with Gasteiger partial charge in [-0.2, -0.15) is 0 Å². The van der Waals surface area contributed by atoms with E-state index in [1.54, 1.807) is 0 Å². The summed E-state index contributed by atoms with van der Waals surface area (Å²) in [6.07, 6.45) is 5.19. The molecule has 0 amide bonds. The van der Waals surface area contributed by atoms with Crippen molar-refractivity contribution in [1.82, 2.24) is 15.1 Å². The Kier molecular flexibility index (Phi) is 6.74. The molecule has 2 aliphatic rings. The molecule has 0 saturated carbocycles. The lowest BCUT2D eigenvalue weighted by atomic mass is 9.99. The van der Waals surface area contributed by atoms with Gasteiger partial charge in [-0.25, -0.2) is 0 Å². The molecule has 0 aromatic heterocycles. The summed E-state index contributed by atoms with van der Waals surface area (Å²) < 4.78 is 0. The van der Waals surface area contributed by atoms with Crippen LogP contribution >= 0.6 is 0 Å². The van der Waals surface area contributed by atoms with Crippen LogP contribution in [-0.4, -0.2) is 62.1 Å². The molecule has 0 bridgehead atoms. The van der Waals surface area contributed by atoms with E-state index in [2.05, 4.69) is 57.4 Å². The Morgan fingerprint density at radius 2 is 1.96 bits per heavy atom. The second-order valence-corrected chi connectivity index (χ2v) is 7.83. The van der Waals surface area contributed by atoms with Gasteiger partial charge in [0.25, 0.3) is 0 Å². The molecule has 0 spiro atoms. The number of hydrogen-bond acceptors (Lipinski definition) is 2. The number of likely N-dealkylation sites (tertiary alicyclic amines) is 2. The topological polar surface area (TPSA) is 30.9 Å². The Morgan fingerprint density at radius 3 is 2.68 bits per heavy atom. The molecule has 2 saturated heterocycles. The quantitative estimate of drug-likeness (QED) is 0.637. The Balaban J connectivity index is 1.42. The van der Waals surface area contributed by atoms with Gasteiger partial charge in [-0.15, -0.1) is 0 Å². The van der Waals surface area contributed by atoms with Gasteiger partial charge in [0.2, 0.25) is 0 Å². The van der Waals surface area contributed by atoms with Crippen molar-refractivity contribution in [3.8, 4) is 0 Å². The van der Waals surface area contributed by atoms with E-state index in [0.29, 0.717) is 5.92 Å². The maximum Gasteiger partial charge on any atom is 0.193 e. The summed E-state index contributed by atoms with van der Waals surface area (Å²) in [5.74, 6) is 2.49. The van der Waals surface area contributed by atoms with Crippen LogP contribution in [0.15, 0.2) is 35.3 Å². The first-order valence-electron chi connectivity index (χ1n) is 9.96. The molecule has 2 heterocycles. The normalized spacial score (nSPS) is 23.2. The van der Waals surface area contributed by atoms with Gasteiger partial charge in [-0.1, -0.05) is 37.3 Å². The van der Waals surface area contributed by atoms with Crippen LogP contribution in [0.3, 0.4) is 0 Å². The van der Waals surface area contributed by atoms with E-state index in [-0.39, 0.29) is 0 Å². The summed E-state index contributed by atoms with van der Waals surface area (Å²) in [6.45, 7) is 9.38. The lowest BCUT2D eigenvalue weighted by Gasteiger charge is -2.25. The van der Waals surface area contributed by atoms with Gasteiger partial charge in [-0.05, 0) is 56.2 Å². The zero-order chi connectivity index (χ0) is 17.5. The fraction of sp³-hybridized carbons (Fsp3) is 0.667. The van der Waals surface area contributed by atoms with Crippen LogP contribution < -0.4 is 5.32 Å². The van der Waals surface area contributed by atoms with E-state index < -0.39 is 0 Å². The summed E-state index contributed by atoms with van der Waals surface area (Å²) in [5, 5.41) is 3.62. The summed E-state index contributed by atoms with van der Waals surface area (Å²) in [4.78, 5) is 9.57. The molecule has 2 fully saturated rings. The maximum absolute atomic E-state index is 4.53. The molecule has 4 nitrogen and oxygen atoms in total. The molecule has 4 heteroatoms. The fourth-order valence-electron chi connectivity index (χ4n) is 4.21. The van der Waals surface area contributed by atoms with Crippen molar-refractivity contribution in [3.05, 3.63) is 35.9 Å². The number of aliphatic imine (C=N–C) groups is 1. The Hall–Kier alpha value is -1.55. The van der Waals surface area contributed by atoms with E-state index in [0.717, 1.165) is 31.5 Å². The lowest BCUT2D eigenvalue weighted by molar-refractivity contribution is 0.286. The highest BCUT2D eigenvalue weighted by Gasteiger charge is 2.25. The van der Waals surface area contributed by atoms with Crippen molar-refractivity contribution in [1.29, 1.82) is 0 Å². The molecule has 1 N–H and O–H groups in total. The molecule has 0 aliphatic carbocycles. The summed E-state index contributed by atoms with van der Waals surface area (Å²) in [7, 11) is 1.91. The average molecular weight is 343 g/mol. The van der Waals surface area contributed by atoms with E-state index in [9.17, 15) is 0 Å². The molecule has 138 valence electrons. The highest BCUT2D eigenvalue weighted by atomic mass is 15.3.